The molecule has 0 radical (unpaired) electrons. The molecule has 0 aromatic heterocycles. The summed E-state index contributed by atoms with van der Waals surface area (Å²) in [5.74, 6) is 0. The van der Waals surface area contributed by atoms with Gasteiger partial charge < -0.3 is 4.43 Å². The van der Waals surface area contributed by atoms with Gasteiger partial charge in [0.25, 0.3) is 8.32 Å². The highest BCUT2D eigenvalue weighted by Crippen LogP contribution is 2.11. The maximum Gasteiger partial charge on any atom is 0.288 e. The van der Waals surface area contributed by atoms with Crippen LogP contribution >= 0.6 is 0 Å². The van der Waals surface area contributed by atoms with Gasteiger partial charge in [-0.2, -0.15) is 0 Å². The standard InChI is InChI=1S/C21H22OSi/c1-3-22-23(19-13-6-4-7-14-19,20-15-8-5-9-16-20)21-17-11-10-12-18(21)2/h4-17H,3H2,1-2H3. The molecule has 0 saturated heterocycles. The molecule has 3 rings (SSSR count). The molecular weight excluding hydrogens is 296 g/mol. The van der Waals surface area contributed by atoms with Crippen molar-refractivity contribution in [3.05, 3.63) is 90.5 Å². The molecule has 2 heteroatoms. The second kappa shape index (κ2) is 6.94. The van der Waals surface area contributed by atoms with E-state index in [1.807, 2.05) is 0 Å². The summed E-state index contributed by atoms with van der Waals surface area (Å²) in [7, 11) is -2.47. The minimum atomic E-state index is -2.47. The van der Waals surface area contributed by atoms with Gasteiger partial charge >= 0.3 is 0 Å². The molecular formula is C21H22OSi. The van der Waals surface area contributed by atoms with Gasteiger partial charge in [-0.25, -0.2) is 0 Å². The molecule has 0 aliphatic rings. The SMILES string of the molecule is CCO[Si](c1ccccc1)(c1ccccc1)c1ccccc1C. The second-order valence-corrected chi connectivity index (χ2v) is 9.01. The summed E-state index contributed by atoms with van der Waals surface area (Å²) in [6.07, 6.45) is 0. The number of hydrogen-bond donors (Lipinski definition) is 0. The Bertz CT molecular complexity index is 714. The fourth-order valence-electron chi connectivity index (χ4n) is 3.25. The molecule has 0 unspecified atom stereocenters. The van der Waals surface area contributed by atoms with Crippen molar-refractivity contribution in [3.63, 3.8) is 0 Å². The average Bonchev–Trinajstić information content (AvgIpc) is 2.62. The molecule has 0 amide bonds. The lowest BCUT2D eigenvalue weighted by Crippen LogP contribution is -2.69. The van der Waals surface area contributed by atoms with E-state index in [9.17, 15) is 0 Å². The van der Waals surface area contributed by atoms with Crippen LogP contribution in [0.1, 0.15) is 12.5 Å². The third kappa shape index (κ3) is 2.88. The summed E-state index contributed by atoms with van der Waals surface area (Å²) in [4.78, 5) is 0. The smallest absolute Gasteiger partial charge is 0.288 e. The molecule has 0 atom stereocenters. The van der Waals surface area contributed by atoms with Crippen LogP contribution < -0.4 is 15.6 Å². The lowest BCUT2D eigenvalue weighted by molar-refractivity contribution is 0.347. The minimum absolute atomic E-state index is 0.699. The van der Waals surface area contributed by atoms with E-state index < -0.39 is 8.32 Å². The Morgan fingerprint density at radius 2 is 1.17 bits per heavy atom. The largest absolute Gasteiger partial charge is 0.405 e. The van der Waals surface area contributed by atoms with Crippen molar-refractivity contribution in [1.29, 1.82) is 0 Å². The summed E-state index contributed by atoms with van der Waals surface area (Å²) in [6.45, 7) is 4.97. The zero-order valence-electron chi connectivity index (χ0n) is 13.7. The predicted octanol–water partition coefficient (Wildman–Crippen LogP) is 3.00. The Labute approximate surface area is 139 Å². The van der Waals surface area contributed by atoms with Crippen molar-refractivity contribution in [1.82, 2.24) is 0 Å². The lowest BCUT2D eigenvalue weighted by atomic mass is 10.2. The van der Waals surface area contributed by atoms with Crippen LogP contribution in [0.3, 0.4) is 0 Å². The van der Waals surface area contributed by atoms with E-state index in [0.29, 0.717) is 6.61 Å². The maximum atomic E-state index is 6.61. The highest BCUT2D eigenvalue weighted by Gasteiger charge is 2.42. The van der Waals surface area contributed by atoms with E-state index in [2.05, 4.69) is 98.8 Å². The molecule has 1 nitrogen and oxygen atoms in total. The summed E-state index contributed by atoms with van der Waals surface area (Å²) in [6, 6.07) is 30.0. The van der Waals surface area contributed by atoms with Crippen molar-refractivity contribution in [3.8, 4) is 0 Å². The third-order valence-corrected chi connectivity index (χ3v) is 8.58. The molecule has 3 aromatic rings. The molecule has 116 valence electrons. The minimum Gasteiger partial charge on any atom is -0.405 e. The van der Waals surface area contributed by atoms with Crippen LogP contribution in [0.25, 0.3) is 0 Å². The molecule has 0 bridgehead atoms. The van der Waals surface area contributed by atoms with Gasteiger partial charge in [-0.1, -0.05) is 84.9 Å². The number of hydrogen-bond acceptors (Lipinski definition) is 1. The maximum absolute atomic E-state index is 6.61. The van der Waals surface area contributed by atoms with Gasteiger partial charge in [-0.05, 0) is 35.0 Å². The molecule has 0 fully saturated rings. The van der Waals surface area contributed by atoms with Crippen LogP contribution in [0.4, 0.5) is 0 Å². The van der Waals surface area contributed by atoms with Gasteiger partial charge in [0.2, 0.25) is 0 Å². The zero-order chi connectivity index (χ0) is 16.1. The summed E-state index contributed by atoms with van der Waals surface area (Å²) < 4.78 is 6.61. The second-order valence-electron chi connectivity index (χ2n) is 5.66. The molecule has 0 spiro atoms. The topological polar surface area (TPSA) is 9.23 Å². The first-order valence-electron chi connectivity index (χ1n) is 8.10. The van der Waals surface area contributed by atoms with Gasteiger partial charge in [0.05, 0.1) is 0 Å². The quantitative estimate of drug-likeness (QED) is 0.519. The fraction of sp³-hybridized carbons (Fsp3) is 0.143. The molecule has 0 aliphatic carbocycles. The van der Waals surface area contributed by atoms with Gasteiger partial charge in [-0.15, -0.1) is 0 Å². The number of benzene rings is 3. The number of rotatable bonds is 5. The van der Waals surface area contributed by atoms with E-state index in [1.165, 1.54) is 21.1 Å². The summed E-state index contributed by atoms with van der Waals surface area (Å²) >= 11 is 0. The van der Waals surface area contributed by atoms with Crippen molar-refractivity contribution >= 4 is 23.9 Å². The lowest BCUT2D eigenvalue weighted by Gasteiger charge is -2.33. The molecule has 0 N–H and O–H groups in total. The Hall–Kier alpha value is -2.16. The Morgan fingerprint density at radius 3 is 1.65 bits per heavy atom. The van der Waals surface area contributed by atoms with E-state index in [0.717, 1.165) is 0 Å². The van der Waals surface area contributed by atoms with Gasteiger partial charge in [0.15, 0.2) is 0 Å². The van der Waals surface area contributed by atoms with Crippen LogP contribution in [0, 0.1) is 6.92 Å². The molecule has 0 saturated carbocycles. The Kier molecular flexibility index (Phi) is 4.75. The van der Waals surface area contributed by atoms with Crippen LogP contribution in [-0.2, 0) is 4.43 Å². The normalized spacial score (nSPS) is 11.4. The first-order valence-corrected chi connectivity index (χ1v) is 10.0. The van der Waals surface area contributed by atoms with Crippen LogP contribution in [0.15, 0.2) is 84.9 Å². The van der Waals surface area contributed by atoms with Gasteiger partial charge in [-0.3, -0.25) is 0 Å². The Balaban J connectivity index is 2.34. The van der Waals surface area contributed by atoms with Crippen molar-refractivity contribution in [2.24, 2.45) is 0 Å². The van der Waals surface area contributed by atoms with Gasteiger partial charge in [0, 0.05) is 6.61 Å². The highest BCUT2D eigenvalue weighted by molar-refractivity contribution is 7.07. The van der Waals surface area contributed by atoms with E-state index in [1.54, 1.807) is 0 Å². The molecule has 3 aromatic carbocycles. The monoisotopic (exact) mass is 318 g/mol. The van der Waals surface area contributed by atoms with Crippen molar-refractivity contribution in [2.45, 2.75) is 13.8 Å². The zero-order valence-corrected chi connectivity index (χ0v) is 14.7. The average molecular weight is 318 g/mol. The molecule has 0 aliphatic heterocycles. The predicted molar refractivity (Wildman–Crippen MR) is 100 cm³/mol. The van der Waals surface area contributed by atoms with Crippen LogP contribution in [0.5, 0.6) is 0 Å². The van der Waals surface area contributed by atoms with Crippen molar-refractivity contribution < 1.29 is 4.43 Å². The summed E-state index contributed by atoms with van der Waals surface area (Å²) in [5.41, 5.74) is 1.29. The van der Waals surface area contributed by atoms with Gasteiger partial charge in [0.1, 0.15) is 0 Å². The first-order chi connectivity index (χ1) is 11.3. The van der Waals surface area contributed by atoms with Crippen LogP contribution in [-0.4, -0.2) is 14.9 Å². The highest BCUT2D eigenvalue weighted by atomic mass is 28.4. The van der Waals surface area contributed by atoms with E-state index in [4.69, 9.17) is 4.43 Å². The Morgan fingerprint density at radius 1 is 0.696 bits per heavy atom. The number of aryl methyl sites for hydroxylation is 1. The summed E-state index contributed by atoms with van der Waals surface area (Å²) in [5, 5.41) is 3.92. The fourth-order valence-corrected chi connectivity index (χ4v) is 7.42. The van der Waals surface area contributed by atoms with Crippen LogP contribution in [0.2, 0.25) is 0 Å². The van der Waals surface area contributed by atoms with E-state index >= 15 is 0 Å². The molecule has 23 heavy (non-hydrogen) atoms. The molecule has 0 heterocycles. The first kappa shape index (κ1) is 15.7. The van der Waals surface area contributed by atoms with E-state index in [-0.39, 0.29) is 0 Å². The third-order valence-electron chi connectivity index (χ3n) is 4.25. The van der Waals surface area contributed by atoms with Crippen molar-refractivity contribution in [2.75, 3.05) is 6.61 Å².